The largest absolute Gasteiger partial charge is 0.430 e. The molecule has 0 saturated heterocycles. The summed E-state index contributed by atoms with van der Waals surface area (Å²) in [4.78, 5) is 0. The molecule has 1 aromatic rings. The van der Waals surface area contributed by atoms with E-state index in [0.29, 0.717) is 6.61 Å². The summed E-state index contributed by atoms with van der Waals surface area (Å²) in [7, 11) is 1.76. The summed E-state index contributed by atoms with van der Waals surface area (Å²) in [5.74, 6) is 0. The molecule has 0 aromatic heterocycles. The molecule has 0 amide bonds. The standard InChI is InChI=1S/C7H5BClO/c9-6-1-2-7-5(3-6)4-10-8-7/h1-3H,4H2. The second-order valence-corrected chi connectivity index (χ2v) is 2.71. The van der Waals surface area contributed by atoms with E-state index in [-0.39, 0.29) is 0 Å². The maximum absolute atomic E-state index is 5.75. The van der Waals surface area contributed by atoms with Gasteiger partial charge in [0.2, 0.25) is 0 Å². The van der Waals surface area contributed by atoms with Gasteiger partial charge in [0.15, 0.2) is 0 Å². The molecule has 0 N–H and O–H groups in total. The maximum atomic E-state index is 5.75. The van der Waals surface area contributed by atoms with Crippen LogP contribution in [0.4, 0.5) is 0 Å². The molecule has 0 saturated carbocycles. The Morgan fingerprint density at radius 2 is 2.40 bits per heavy atom. The normalized spacial score (nSPS) is 14.5. The lowest BCUT2D eigenvalue weighted by atomic mass is 9.88. The summed E-state index contributed by atoms with van der Waals surface area (Å²) < 4.78 is 5.09. The van der Waals surface area contributed by atoms with Gasteiger partial charge in [0.05, 0.1) is 6.61 Å². The lowest BCUT2D eigenvalue weighted by Gasteiger charge is -1.94. The molecule has 10 heavy (non-hydrogen) atoms. The predicted molar refractivity (Wildman–Crippen MR) is 41.6 cm³/mol. The van der Waals surface area contributed by atoms with Crippen LogP contribution in [-0.4, -0.2) is 7.48 Å². The van der Waals surface area contributed by atoms with Gasteiger partial charge in [-0.15, -0.1) is 0 Å². The van der Waals surface area contributed by atoms with Crippen molar-refractivity contribution in [3.8, 4) is 0 Å². The Kier molecular flexibility index (Phi) is 1.44. The second-order valence-electron chi connectivity index (χ2n) is 2.27. The minimum atomic E-state index is 0.663. The van der Waals surface area contributed by atoms with Gasteiger partial charge in [-0.25, -0.2) is 0 Å². The van der Waals surface area contributed by atoms with Crippen molar-refractivity contribution in [2.75, 3.05) is 0 Å². The number of benzene rings is 1. The van der Waals surface area contributed by atoms with Gasteiger partial charge < -0.3 is 4.65 Å². The van der Waals surface area contributed by atoms with Crippen LogP contribution in [0.25, 0.3) is 0 Å². The van der Waals surface area contributed by atoms with Crippen LogP contribution in [0.3, 0.4) is 0 Å². The van der Waals surface area contributed by atoms with Gasteiger partial charge in [-0.05, 0) is 23.2 Å². The van der Waals surface area contributed by atoms with Crippen LogP contribution >= 0.6 is 11.6 Å². The van der Waals surface area contributed by atoms with E-state index in [4.69, 9.17) is 16.3 Å². The first kappa shape index (κ1) is 6.26. The quantitative estimate of drug-likeness (QED) is 0.505. The Morgan fingerprint density at radius 1 is 1.50 bits per heavy atom. The van der Waals surface area contributed by atoms with Crippen molar-refractivity contribution in [3.63, 3.8) is 0 Å². The topological polar surface area (TPSA) is 9.23 Å². The minimum Gasteiger partial charge on any atom is -0.430 e. The van der Waals surface area contributed by atoms with E-state index >= 15 is 0 Å². The Balaban J connectivity index is 2.52. The van der Waals surface area contributed by atoms with Crippen molar-refractivity contribution in [2.24, 2.45) is 0 Å². The molecule has 1 aliphatic heterocycles. The molecular formula is C7H5BClO. The SMILES string of the molecule is Clc1ccc2c(c1)CO[B]2. The Hall–Kier alpha value is -0.465. The number of rotatable bonds is 0. The molecule has 1 radical (unpaired) electrons. The Bertz CT molecular complexity index is 262. The average Bonchev–Trinajstić information content (AvgIpc) is 2.33. The van der Waals surface area contributed by atoms with Crippen molar-refractivity contribution < 1.29 is 4.65 Å². The highest BCUT2D eigenvalue weighted by molar-refractivity contribution is 6.49. The van der Waals surface area contributed by atoms with Gasteiger partial charge in [-0.2, -0.15) is 0 Å². The lowest BCUT2D eigenvalue weighted by molar-refractivity contribution is 0.345. The second kappa shape index (κ2) is 2.29. The van der Waals surface area contributed by atoms with Crippen molar-refractivity contribution in [2.45, 2.75) is 6.61 Å². The first-order chi connectivity index (χ1) is 4.86. The molecule has 1 aliphatic rings. The fraction of sp³-hybridized carbons (Fsp3) is 0.143. The average molecular weight is 151 g/mol. The summed E-state index contributed by atoms with van der Waals surface area (Å²) in [5, 5.41) is 0.776. The van der Waals surface area contributed by atoms with Crippen LogP contribution in [-0.2, 0) is 11.3 Å². The van der Waals surface area contributed by atoms with Gasteiger partial charge in [0.25, 0.3) is 0 Å². The van der Waals surface area contributed by atoms with E-state index in [9.17, 15) is 0 Å². The zero-order valence-corrected chi connectivity index (χ0v) is 6.06. The first-order valence-electron chi connectivity index (χ1n) is 3.09. The van der Waals surface area contributed by atoms with Gasteiger partial charge in [0, 0.05) is 5.02 Å². The fourth-order valence-corrected chi connectivity index (χ4v) is 1.23. The molecule has 0 fully saturated rings. The van der Waals surface area contributed by atoms with Gasteiger partial charge >= 0.3 is 7.48 Å². The highest BCUT2D eigenvalue weighted by Crippen LogP contribution is 2.12. The number of fused-ring (bicyclic) bond motifs is 1. The number of hydrogen-bond donors (Lipinski definition) is 0. The maximum Gasteiger partial charge on any atom is 0.330 e. The third kappa shape index (κ3) is 0.937. The zero-order chi connectivity index (χ0) is 6.97. The molecule has 0 atom stereocenters. The zero-order valence-electron chi connectivity index (χ0n) is 5.30. The number of hydrogen-bond acceptors (Lipinski definition) is 1. The summed E-state index contributed by atoms with van der Waals surface area (Å²) >= 11 is 5.75. The third-order valence-corrected chi connectivity index (χ3v) is 1.79. The predicted octanol–water partition coefficient (Wildman–Crippen LogP) is 1.11. The van der Waals surface area contributed by atoms with Crippen LogP contribution in [0.2, 0.25) is 5.02 Å². The molecule has 1 nitrogen and oxygen atoms in total. The molecule has 0 aliphatic carbocycles. The van der Waals surface area contributed by atoms with Crippen molar-refractivity contribution in [1.29, 1.82) is 0 Å². The lowest BCUT2D eigenvalue weighted by Crippen LogP contribution is -2.10. The van der Waals surface area contributed by atoms with Crippen LogP contribution in [0.5, 0.6) is 0 Å². The molecule has 0 bridgehead atoms. The number of halogens is 1. The molecule has 3 heteroatoms. The van der Waals surface area contributed by atoms with Crippen molar-refractivity contribution in [3.05, 3.63) is 28.8 Å². The van der Waals surface area contributed by atoms with E-state index < -0.39 is 0 Å². The minimum absolute atomic E-state index is 0.663. The molecule has 1 aromatic carbocycles. The van der Waals surface area contributed by atoms with Gasteiger partial charge in [-0.1, -0.05) is 17.7 Å². The van der Waals surface area contributed by atoms with Crippen LogP contribution in [0.15, 0.2) is 18.2 Å². The van der Waals surface area contributed by atoms with E-state index in [0.717, 1.165) is 10.5 Å². The fourth-order valence-electron chi connectivity index (χ4n) is 1.04. The Labute approximate surface area is 65.2 Å². The van der Waals surface area contributed by atoms with E-state index in [1.54, 1.807) is 7.48 Å². The smallest absolute Gasteiger partial charge is 0.330 e. The molecule has 2 rings (SSSR count). The van der Waals surface area contributed by atoms with Crippen LogP contribution in [0, 0.1) is 0 Å². The summed E-state index contributed by atoms with van der Waals surface area (Å²) in [5.41, 5.74) is 2.32. The van der Waals surface area contributed by atoms with E-state index in [1.165, 1.54) is 5.56 Å². The summed E-state index contributed by atoms with van der Waals surface area (Å²) in [6.07, 6.45) is 0. The van der Waals surface area contributed by atoms with Gasteiger partial charge in [0.1, 0.15) is 0 Å². The third-order valence-electron chi connectivity index (χ3n) is 1.55. The molecule has 0 spiro atoms. The summed E-state index contributed by atoms with van der Waals surface area (Å²) in [6.45, 7) is 0.663. The van der Waals surface area contributed by atoms with Gasteiger partial charge in [-0.3, -0.25) is 0 Å². The molecule has 1 heterocycles. The summed E-state index contributed by atoms with van der Waals surface area (Å²) in [6, 6.07) is 5.76. The van der Waals surface area contributed by atoms with Crippen molar-refractivity contribution >= 4 is 24.5 Å². The van der Waals surface area contributed by atoms with Crippen LogP contribution < -0.4 is 5.46 Å². The highest BCUT2D eigenvalue weighted by Gasteiger charge is 2.12. The first-order valence-corrected chi connectivity index (χ1v) is 3.47. The molecular weight excluding hydrogens is 146 g/mol. The molecule has 0 unspecified atom stereocenters. The monoisotopic (exact) mass is 151 g/mol. The molecule has 49 valence electrons. The van der Waals surface area contributed by atoms with E-state index in [2.05, 4.69) is 0 Å². The van der Waals surface area contributed by atoms with E-state index in [1.807, 2.05) is 18.2 Å². The van der Waals surface area contributed by atoms with Crippen molar-refractivity contribution in [1.82, 2.24) is 0 Å². The van der Waals surface area contributed by atoms with Crippen LogP contribution in [0.1, 0.15) is 5.56 Å². The Morgan fingerprint density at radius 3 is 3.30 bits per heavy atom. The highest BCUT2D eigenvalue weighted by atomic mass is 35.5.